The molecule has 1 atom stereocenters. The summed E-state index contributed by atoms with van der Waals surface area (Å²) in [5.41, 5.74) is -0.00919. The van der Waals surface area contributed by atoms with Crippen molar-refractivity contribution in [3.8, 4) is 0 Å². The second-order valence-electron chi connectivity index (χ2n) is 6.35. The Morgan fingerprint density at radius 3 is 2.44 bits per heavy atom. The highest BCUT2D eigenvalue weighted by atomic mass is 19.1. The molecule has 3 N–H and O–H groups in total. The van der Waals surface area contributed by atoms with Gasteiger partial charge in [-0.2, -0.15) is 0 Å². The molecular formula is C18H25FN2O4. The quantitative estimate of drug-likeness (QED) is 0.636. The van der Waals surface area contributed by atoms with Gasteiger partial charge in [-0.25, -0.2) is 9.18 Å². The zero-order valence-corrected chi connectivity index (χ0v) is 14.8. The van der Waals surface area contributed by atoms with Crippen molar-refractivity contribution in [3.63, 3.8) is 0 Å². The molecule has 0 unspecified atom stereocenters. The lowest BCUT2D eigenvalue weighted by Crippen LogP contribution is -2.40. The third-order valence-electron chi connectivity index (χ3n) is 3.55. The van der Waals surface area contributed by atoms with Crippen molar-refractivity contribution in [2.75, 3.05) is 5.32 Å². The van der Waals surface area contributed by atoms with Gasteiger partial charge in [-0.15, -0.1) is 0 Å². The van der Waals surface area contributed by atoms with E-state index in [2.05, 4.69) is 10.6 Å². The first-order valence-corrected chi connectivity index (χ1v) is 8.37. The molecule has 1 aromatic rings. The molecule has 0 spiro atoms. The number of benzene rings is 1. The van der Waals surface area contributed by atoms with E-state index in [1.54, 1.807) is 0 Å². The number of halogens is 1. The van der Waals surface area contributed by atoms with Gasteiger partial charge in [0.2, 0.25) is 5.91 Å². The highest BCUT2D eigenvalue weighted by molar-refractivity contribution is 5.97. The first kappa shape index (κ1) is 20.6. The van der Waals surface area contributed by atoms with Gasteiger partial charge in [0.1, 0.15) is 11.9 Å². The molecule has 0 aromatic heterocycles. The van der Waals surface area contributed by atoms with Crippen LogP contribution in [0.25, 0.3) is 0 Å². The molecule has 25 heavy (non-hydrogen) atoms. The summed E-state index contributed by atoms with van der Waals surface area (Å²) in [5.74, 6) is -2.70. The van der Waals surface area contributed by atoms with E-state index in [-0.39, 0.29) is 29.5 Å². The fourth-order valence-corrected chi connectivity index (χ4v) is 2.24. The van der Waals surface area contributed by atoms with Crippen molar-refractivity contribution in [1.82, 2.24) is 5.32 Å². The van der Waals surface area contributed by atoms with Gasteiger partial charge in [0, 0.05) is 12.0 Å². The Hall–Kier alpha value is -2.44. The molecule has 6 nitrogen and oxygen atoms in total. The molecule has 2 amide bonds. The predicted molar refractivity (Wildman–Crippen MR) is 92.9 cm³/mol. The van der Waals surface area contributed by atoms with Crippen LogP contribution in [0.4, 0.5) is 10.1 Å². The standard InChI is InChI=1S/C18H25FN2O4/c1-4-5-6-15(18(24)25)21-17(23)12-7-8-14(13(19)10-12)20-16(22)9-11(2)3/h7-8,10-11,15H,4-6,9H2,1-3H3,(H,20,22)(H,21,23)(H,24,25)/t15-/m0/s1. The van der Waals surface area contributed by atoms with Crippen molar-refractivity contribution in [2.24, 2.45) is 5.92 Å². The average Bonchev–Trinajstić information content (AvgIpc) is 2.52. The minimum absolute atomic E-state index is 0.00195. The number of carboxylic acid groups (broad SMARTS) is 1. The largest absolute Gasteiger partial charge is 0.480 e. The summed E-state index contributed by atoms with van der Waals surface area (Å²) in [6.45, 7) is 5.67. The van der Waals surface area contributed by atoms with Crippen LogP contribution in [0.2, 0.25) is 0 Å². The van der Waals surface area contributed by atoms with Gasteiger partial charge >= 0.3 is 5.97 Å². The van der Waals surface area contributed by atoms with Crippen LogP contribution in [0.5, 0.6) is 0 Å². The highest BCUT2D eigenvalue weighted by Crippen LogP contribution is 2.17. The Balaban J connectivity index is 2.79. The SMILES string of the molecule is CCCC[C@H](NC(=O)c1ccc(NC(=O)CC(C)C)c(F)c1)C(=O)O. The van der Waals surface area contributed by atoms with Crippen LogP contribution in [0, 0.1) is 11.7 Å². The van der Waals surface area contributed by atoms with Crippen LogP contribution in [0.1, 0.15) is 56.8 Å². The van der Waals surface area contributed by atoms with E-state index in [0.717, 1.165) is 12.5 Å². The molecule has 0 heterocycles. The summed E-state index contributed by atoms with van der Waals surface area (Å²) in [4.78, 5) is 35.0. The van der Waals surface area contributed by atoms with Crippen molar-refractivity contribution >= 4 is 23.5 Å². The maximum Gasteiger partial charge on any atom is 0.326 e. The van der Waals surface area contributed by atoms with Crippen molar-refractivity contribution in [1.29, 1.82) is 0 Å². The van der Waals surface area contributed by atoms with Gasteiger partial charge in [-0.1, -0.05) is 33.6 Å². The van der Waals surface area contributed by atoms with Crippen LogP contribution < -0.4 is 10.6 Å². The molecule has 0 saturated heterocycles. The van der Waals surface area contributed by atoms with Gasteiger partial charge in [0.05, 0.1) is 5.69 Å². The monoisotopic (exact) mass is 352 g/mol. The number of hydrogen-bond acceptors (Lipinski definition) is 3. The van der Waals surface area contributed by atoms with E-state index < -0.39 is 23.7 Å². The van der Waals surface area contributed by atoms with E-state index in [1.165, 1.54) is 12.1 Å². The van der Waals surface area contributed by atoms with E-state index in [4.69, 9.17) is 5.11 Å². The third-order valence-corrected chi connectivity index (χ3v) is 3.55. The van der Waals surface area contributed by atoms with E-state index in [1.807, 2.05) is 20.8 Å². The number of aliphatic carboxylic acids is 1. The molecule has 1 rings (SSSR count). The molecule has 0 aliphatic carbocycles. The van der Waals surface area contributed by atoms with E-state index in [0.29, 0.717) is 12.8 Å². The number of anilines is 1. The summed E-state index contributed by atoms with van der Waals surface area (Å²) >= 11 is 0. The maximum atomic E-state index is 14.1. The van der Waals surface area contributed by atoms with Gasteiger partial charge in [-0.05, 0) is 30.5 Å². The lowest BCUT2D eigenvalue weighted by atomic mass is 10.1. The number of unbranched alkanes of at least 4 members (excludes halogenated alkanes) is 1. The first-order chi connectivity index (χ1) is 11.7. The second-order valence-corrected chi connectivity index (χ2v) is 6.35. The number of nitrogens with one attached hydrogen (secondary N) is 2. The van der Waals surface area contributed by atoms with Crippen LogP contribution in [0.15, 0.2) is 18.2 Å². The van der Waals surface area contributed by atoms with E-state index >= 15 is 0 Å². The lowest BCUT2D eigenvalue weighted by molar-refractivity contribution is -0.139. The number of carbonyl (C=O) groups excluding carboxylic acids is 2. The topological polar surface area (TPSA) is 95.5 Å². The highest BCUT2D eigenvalue weighted by Gasteiger charge is 2.20. The van der Waals surface area contributed by atoms with Gasteiger partial charge in [0.15, 0.2) is 0 Å². The smallest absolute Gasteiger partial charge is 0.326 e. The zero-order valence-electron chi connectivity index (χ0n) is 14.8. The van der Waals surface area contributed by atoms with Crippen LogP contribution in [-0.4, -0.2) is 28.9 Å². The summed E-state index contributed by atoms with van der Waals surface area (Å²) in [7, 11) is 0. The fourth-order valence-electron chi connectivity index (χ4n) is 2.24. The number of hydrogen-bond donors (Lipinski definition) is 3. The molecule has 138 valence electrons. The average molecular weight is 352 g/mol. The maximum absolute atomic E-state index is 14.1. The lowest BCUT2D eigenvalue weighted by Gasteiger charge is -2.14. The van der Waals surface area contributed by atoms with Crippen molar-refractivity contribution in [2.45, 2.75) is 52.5 Å². The molecular weight excluding hydrogens is 327 g/mol. The van der Waals surface area contributed by atoms with Gasteiger partial charge in [-0.3, -0.25) is 9.59 Å². The molecule has 0 bridgehead atoms. The number of amides is 2. The molecule has 0 saturated carbocycles. The summed E-state index contributed by atoms with van der Waals surface area (Å²) in [6, 6.07) is 2.62. The Kier molecular flexibility index (Phi) is 8.04. The van der Waals surface area contributed by atoms with Crippen LogP contribution in [0.3, 0.4) is 0 Å². The minimum Gasteiger partial charge on any atom is -0.480 e. The summed E-state index contributed by atoms with van der Waals surface area (Å²) in [5, 5.41) is 14.0. The van der Waals surface area contributed by atoms with Crippen LogP contribution in [-0.2, 0) is 9.59 Å². The molecule has 0 aliphatic rings. The van der Waals surface area contributed by atoms with Crippen molar-refractivity contribution < 1.29 is 23.9 Å². The Morgan fingerprint density at radius 1 is 1.24 bits per heavy atom. The van der Waals surface area contributed by atoms with Gasteiger partial charge < -0.3 is 15.7 Å². The molecule has 0 radical (unpaired) electrons. The van der Waals surface area contributed by atoms with E-state index in [9.17, 15) is 18.8 Å². The second kappa shape index (κ2) is 9.76. The fraction of sp³-hybridized carbons (Fsp3) is 0.500. The number of rotatable bonds is 9. The summed E-state index contributed by atoms with van der Waals surface area (Å²) < 4.78 is 14.1. The molecule has 0 aliphatic heterocycles. The number of carbonyl (C=O) groups is 3. The Morgan fingerprint density at radius 2 is 1.92 bits per heavy atom. The number of carboxylic acids is 1. The minimum atomic E-state index is -1.13. The molecule has 1 aromatic carbocycles. The third kappa shape index (κ3) is 6.91. The van der Waals surface area contributed by atoms with Crippen molar-refractivity contribution in [3.05, 3.63) is 29.6 Å². The normalized spacial score (nSPS) is 11.9. The molecule has 0 fully saturated rings. The van der Waals surface area contributed by atoms with Crippen LogP contribution >= 0.6 is 0 Å². The summed E-state index contributed by atoms with van der Waals surface area (Å²) in [6.07, 6.45) is 2.04. The predicted octanol–water partition coefficient (Wildman–Crippen LogP) is 3.18. The van der Waals surface area contributed by atoms with Gasteiger partial charge in [0.25, 0.3) is 5.91 Å². The Labute approximate surface area is 146 Å². The first-order valence-electron chi connectivity index (χ1n) is 8.37. The Bertz CT molecular complexity index is 632. The zero-order chi connectivity index (χ0) is 19.0. The molecule has 7 heteroatoms.